The number of carbonyl (C=O) groups excluding carboxylic acids is 1. The van der Waals surface area contributed by atoms with E-state index in [9.17, 15) is 18.0 Å². The van der Waals surface area contributed by atoms with Gasteiger partial charge in [-0.2, -0.15) is 13.2 Å². The molecule has 1 saturated carbocycles. The molecule has 0 aromatic carbocycles. The molecule has 2 fully saturated rings. The standard InChI is InChI=1S/C13H21F3N2O2/c14-13(15,16)10-3-1-2-9(6-10)12(19)18-7-11-8-20-5-4-17-11/h9-11,17H,1-8H2,(H,18,19). The highest BCUT2D eigenvalue weighted by Gasteiger charge is 2.43. The van der Waals surface area contributed by atoms with Crippen molar-refractivity contribution in [2.24, 2.45) is 11.8 Å². The maximum absolute atomic E-state index is 12.7. The number of hydrogen-bond donors (Lipinski definition) is 2. The molecule has 0 spiro atoms. The third-order valence-corrected chi connectivity index (χ3v) is 4.03. The summed E-state index contributed by atoms with van der Waals surface area (Å²) in [6.07, 6.45) is -3.10. The molecule has 0 radical (unpaired) electrons. The van der Waals surface area contributed by atoms with Crippen LogP contribution in [-0.2, 0) is 9.53 Å². The van der Waals surface area contributed by atoms with E-state index in [4.69, 9.17) is 4.74 Å². The van der Waals surface area contributed by atoms with Gasteiger partial charge >= 0.3 is 6.18 Å². The fraction of sp³-hybridized carbons (Fsp3) is 0.923. The lowest BCUT2D eigenvalue weighted by molar-refractivity contribution is -0.186. The molecule has 1 heterocycles. The predicted molar refractivity (Wildman–Crippen MR) is 67.1 cm³/mol. The third-order valence-electron chi connectivity index (χ3n) is 4.03. The van der Waals surface area contributed by atoms with E-state index in [0.29, 0.717) is 32.6 Å². The molecule has 0 bridgehead atoms. The minimum Gasteiger partial charge on any atom is -0.378 e. The van der Waals surface area contributed by atoms with E-state index >= 15 is 0 Å². The zero-order valence-electron chi connectivity index (χ0n) is 11.3. The van der Waals surface area contributed by atoms with Gasteiger partial charge in [0.15, 0.2) is 0 Å². The fourth-order valence-corrected chi connectivity index (χ4v) is 2.84. The summed E-state index contributed by atoms with van der Waals surface area (Å²) in [5, 5.41) is 5.94. The highest BCUT2D eigenvalue weighted by atomic mass is 19.4. The predicted octanol–water partition coefficient (Wildman–Crippen LogP) is 1.46. The maximum Gasteiger partial charge on any atom is 0.391 e. The molecule has 4 nitrogen and oxygen atoms in total. The van der Waals surface area contributed by atoms with Crippen LogP contribution < -0.4 is 10.6 Å². The van der Waals surface area contributed by atoms with E-state index in [-0.39, 0.29) is 24.8 Å². The summed E-state index contributed by atoms with van der Waals surface area (Å²) in [6, 6.07) is 0.0507. The number of morpholine rings is 1. The van der Waals surface area contributed by atoms with Crippen LogP contribution in [0, 0.1) is 11.8 Å². The van der Waals surface area contributed by atoms with Crippen molar-refractivity contribution in [2.75, 3.05) is 26.3 Å². The van der Waals surface area contributed by atoms with E-state index in [0.717, 1.165) is 6.54 Å². The number of nitrogens with one attached hydrogen (secondary N) is 2. The number of alkyl halides is 3. The Hall–Kier alpha value is -0.820. The molecule has 3 atom stereocenters. The first kappa shape index (κ1) is 15.6. The van der Waals surface area contributed by atoms with Gasteiger partial charge in [-0.25, -0.2) is 0 Å². The van der Waals surface area contributed by atoms with Gasteiger partial charge in [0.25, 0.3) is 0 Å². The van der Waals surface area contributed by atoms with Crippen LogP contribution in [-0.4, -0.2) is 44.4 Å². The Kier molecular flexibility index (Phi) is 5.26. The van der Waals surface area contributed by atoms with Crippen LogP contribution >= 0.6 is 0 Å². The lowest BCUT2D eigenvalue weighted by atomic mass is 9.80. The molecule has 116 valence electrons. The van der Waals surface area contributed by atoms with E-state index in [1.54, 1.807) is 0 Å². The van der Waals surface area contributed by atoms with E-state index in [2.05, 4.69) is 10.6 Å². The molecule has 1 aliphatic carbocycles. The lowest BCUT2D eigenvalue weighted by Crippen LogP contribution is -2.49. The Balaban J connectivity index is 1.76. The number of ether oxygens (including phenoxy) is 1. The summed E-state index contributed by atoms with van der Waals surface area (Å²) in [4.78, 5) is 12.0. The van der Waals surface area contributed by atoms with Crippen molar-refractivity contribution < 1.29 is 22.7 Å². The van der Waals surface area contributed by atoms with Crippen LogP contribution in [0.4, 0.5) is 13.2 Å². The molecule has 0 aromatic rings. The van der Waals surface area contributed by atoms with Crippen molar-refractivity contribution in [2.45, 2.75) is 37.9 Å². The molecule has 2 aliphatic rings. The molecular formula is C13H21F3N2O2. The molecule has 1 amide bonds. The maximum atomic E-state index is 12.7. The molecule has 1 saturated heterocycles. The topological polar surface area (TPSA) is 50.4 Å². The second-order valence-corrected chi connectivity index (χ2v) is 5.57. The quantitative estimate of drug-likeness (QED) is 0.828. The average Bonchev–Trinajstić information content (AvgIpc) is 2.45. The van der Waals surface area contributed by atoms with Crippen molar-refractivity contribution in [1.82, 2.24) is 10.6 Å². The van der Waals surface area contributed by atoms with E-state index in [1.165, 1.54) is 0 Å². The summed E-state index contributed by atoms with van der Waals surface area (Å²) in [7, 11) is 0. The van der Waals surface area contributed by atoms with Gasteiger partial charge < -0.3 is 15.4 Å². The minimum atomic E-state index is -4.18. The number of halogens is 3. The Morgan fingerprint density at radius 2 is 2.15 bits per heavy atom. The van der Waals surface area contributed by atoms with Gasteiger partial charge in [-0.1, -0.05) is 6.42 Å². The van der Waals surface area contributed by atoms with Crippen molar-refractivity contribution >= 4 is 5.91 Å². The van der Waals surface area contributed by atoms with E-state index in [1.807, 2.05) is 0 Å². The lowest BCUT2D eigenvalue weighted by Gasteiger charge is -2.30. The highest BCUT2D eigenvalue weighted by Crippen LogP contribution is 2.39. The van der Waals surface area contributed by atoms with Crippen molar-refractivity contribution in [3.8, 4) is 0 Å². The van der Waals surface area contributed by atoms with Crippen LogP contribution in [0.15, 0.2) is 0 Å². The van der Waals surface area contributed by atoms with Gasteiger partial charge in [-0.3, -0.25) is 4.79 Å². The molecule has 7 heteroatoms. The molecule has 3 unspecified atom stereocenters. The zero-order valence-corrected chi connectivity index (χ0v) is 11.3. The normalized spacial score (nSPS) is 31.9. The summed E-state index contributed by atoms with van der Waals surface area (Å²) < 4.78 is 43.3. The molecule has 2 N–H and O–H groups in total. The van der Waals surface area contributed by atoms with Gasteiger partial charge in [0, 0.05) is 25.0 Å². The third kappa shape index (κ3) is 4.34. The monoisotopic (exact) mass is 294 g/mol. The number of carbonyl (C=O) groups is 1. The largest absolute Gasteiger partial charge is 0.391 e. The summed E-state index contributed by atoms with van der Waals surface area (Å²) in [5.41, 5.74) is 0. The van der Waals surface area contributed by atoms with Gasteiger partial charge in [0.05, 0.1) is 19.1 Å². The highest BCUT2D eigenvalue weighted by molar-refractivity contribution is 5.78. The number of rotatable bonds is 3. The molecule has 20 heavy (non-hydrogen) atoms. The smallest absolute Gasteiger partial charge is 0.378 e. The van der Waals surface area contributed by atoms with Gasteiger partial charge in [0.1, 0.15) is 0 Å². The SMILES string of the molecule is O=C(NCC1COCCN1)C1CCCC(C(F)(F)F)C1. The molecular weight excluding hydrogens is 273 g/mol. The molecule has 0 aromatic heterocycles. The average molecular weight is 294 g/mol. The van der Waals surface area contributed by atoms with Crippen LogP contribution in [0.25, 0.3) is 0 Å². The number of amides is 1. The minimum absolute atomic E-state index is 0.0507. The van der Waals surface area contributed by atoms with Gasteiger partial charge in [-0.15, -0.1) is 0 Å². The Morgan fingerprint density at radius 1 is 1.35 bits per heavy atom. The van der Waals surface area contributed by atoms with Gasteiger partial charge in [0.2, 0.25) is 5.91 Å². The van der Waals surface area contributed by atoms with E-state index < -0.39 is 18.0 Å². The Bertz CT molecular complexity index is 330. The summed E-state index contributed by atoms with van der Waals surface area (Å²) in [5.74, 6) is -2.10. The second kappa shape index (κ2) is 6.76. The first-order valence-electron chi connectivity index (χ1n) is 7.12. The van der Waals surface area contributed by atoms with Crippen molar-refractivity contribution in [3.63, 3.8) is 0 Å². The zero-order chi connectivity index (χ0) is 14.6. The number of hydrogen-bond acceptors (Lipinski definition) is 3. The van der Waals surface area contributed by atoms with Crippen LogP contribution in [0.1, 0.15) is 25.7 Å². The summed E-state index contributed by atoms with van der Waals surface area (Å²) in [6.45, 7) is 2.32. The molecule has 1 aliphatic heterocycles. The fourth-order valence-electron chi connectivity index (χ4n) is 2.84. The first-order chi connectivity index (χ1) is 9.47. The van der Waals surface area contributed by atoms with Crippen LogP contribution in [0.5, 0.6) is 0 Å². The van der Waals surface area contributed by atoms with Crippen LogP contribution in [0.2, 0.25) is 0 Å². The summed E-state index contributed by atoms with van der Waals surface area (Å²) >= 11 is 0. The van der Waals surface area contributed by atoms with Crippen molar-refractivity contribution in [1.29, 1.82) is 0 Å². The second-order valence-electron chi connectivity index (χ2n) is 5.57. The molecule has 2 rings (SSSR count). The Morgan fingerprint density at radius 3 is 2.80 bits per heavy atom. The van der Waals surface area contributed by atoms with Crippen LogP contribution in [0.3, 0.4) is 0 Å². The Labute approximate surface area is 116 Å². The van der Waals surface area contributed by atoms with Gasteiger partial charge in [-0.05, 0) is 19.3 Å². The van der Waals surface area contributed by atoms with Crippen molar-refractivity contribution in [3.05, 3.63) is 0 Å². The first-order valence-corrected chi connectivity index (χ1v) is 7.12.